The number of carbonyl (C=O) groups is 1. The van der Waals surface area contributed by atoms with Crippen LogP contribution in [0.2, 0.25) is 5.02 Å². The zero-order valence-electron chi connectivity index (χ0n) is 11.6. The number of hydrogen-bond acceptors (Lipinski definition) is 6. The lowest BCUT2D eigenvalue weighted by molar-refractivity contribution is 0.102. The second-order valence-corrected chi connectivity index (χ2v) is 9.63. The largest absolute Gasteiger partial charge is 0.386 e. The van der Waals surface area contributed by atoms with Crippen molar-refractivity contribution in [1.29, 1.82) is 0 Å². The molecule has 1 aromatic rings. The van der Waals surface area contributed by atoms with Crippen molar-refractivity contribution in [2.24, 2.45) is 10.7 Å². The Morgan fingerprint density at radius 2 is 2.10 bits per heavy atom. The second kappa shape index (κ2) is 4.30. The number of thiophene rings is 1. The number of hydrogen-bond donors (Lipinski definition) is 1. The van der Waals surface area contributed by atoms with Crippen molar-refractivity contribution in [1.82, 2.24) is 0 Å². The molecule has 5 nitrogen and oxygen atoms in total. The summed E-state index contributed by atoms with van der Waals surface area (Å²) in [6, 6.07) is 1.56. The van der Waals surface area contributed by atoms with E-state index in [1.807, 2.05) is 0 Å². The van der Waals surface area contributed by atoms with E-state index in [1.165, 1.54) is 18.3 Å². The molecule has 8 heteroatoms. The van der Waals surface area contributed by atoms with Crippen molar-refractivity contribution in [3.63, 3.8) is 0 Å². The van der Waals surface area contributed by atoms with Crippen molar-refractivity contribution in [2.45, 2.75) is 37.0 Å². The van der Waals surface area contributed by atoms with Crippen LogP contribution in [0.1, 0.15) is 41.2 Å². The third-order valence-corrected chi connectivity index (χ3v) is 8.78. The van der Waals surface area contributed by atoms with E-state index in [2.05, 4.69) is 4.99 Å². The number of halogens is 1. The van der Waals surface area contributed by atoms with Gasteiger partial charge in [0.05, 0.1) is 20.5 Å². The maximum Gasteiger partial charge on any atom is 0.169 e. The van der Waals surface area contributed by atoms with E-state index in [0.717, 1.165) is 0 Å². The summed E-state index contributed by atoms with van der Waals surface area (Å²) in [4.78, 5) is 17.0. The second-order valence-electron chi connectivity index (χ2n) is 5.87. The number of amidine groups is 1. The Labute approximate surface area is 132 Å². The van der Waals surface area contributed by atoms with Gasteiger partial charge in [0.2, 0.25) is 0 Å². The fourth-order valence-electron chi connectivity index (χ4n) is 2.77. The third-order valence-electron chi connectivity index (χ3n) is 4.13. The molecule has 0 bridgehead atoms. The molecule has 1 atom stereocenters. The highest BCUT2D eigenvalue weighted by atomic mass is 35.5. The van der Waals surface area contributed by atoms with Crippen LogP contribution >= 0.6 is 22.9 Å². The van der Waals surface area contributed by atoms with Crippen molar-refractivity contribution < 1.29 is 13.2 Å². The number of ketones is 1. The van der Waals surface area contributed by atoms with Gasteiger partial charge < -0.3 is 5.73 Å². The molecular formula is C13H15ClN2O3S2. The molecule has 0 saturated heterocycles. The van der Waals surface area contributed by atoms with Crippen LogP contribution in [-0.2, 0) is 15.4 Å². The Hall–Kier alpha value is -0.920. The number of nitrogens with zero attached hydrogens (tertiary/aromatic N) is 1. The highest BCUT2D eigenvalue weighted by Gasteiger charge is 2.62. The average molecular weight is 347 g/mol. The van der Waals surface area contributed by atoms with Gasteiger partial charge in [0.25, 0.3) is 0 Å². The molecule has 1 saturated carbocycles. The molecule has 0 amide bonds. The Balaban J connectivity index is 2.14. The number of carbonyl (C=O) groups excluding carboxylic acids is 1. The number of nitrogens with two attached hydrogens (primary N) is 1. The quantitative estimate of drug-likeness (QED) is 0.831. The summed E-state index contributed by atoms with van der Waals surface area (Å²) in [5, 5.41) is 0.367. The molecule has 0 radical (unpaired) electrons. The summed E-state index contributed by atoms with van der Waals surface area (Å²) < 4.78 is 24.2. The number of aliphatic imine (C=N–C) groups is 1. The lowest BCUT2D eigenvalue weighted by Crippen LogP contribution is -2.50. The number of sulfone groups is 1. The molecular weight excluding hydrogens is 332 g/mol. The van der Waals surface area contributed by atoms with Crippen LogP contribution in [0.3, 0.4) is 0 Å². The molecule has 2 aliphatic rings. The molecule has 114 valence electrons. The van der Waals surface area contributed by atoms with Crippen molar-refractivity contribution in [3.05, 3.63) is 20.8 Å². The lowest BCUT2D eigenvalue weighted by Gasteiger charge is -2.33. The van der Waals surface area contributed by atoms with Gasteiger partial charge in [0, 0.05) is 0 Å². The zero-order chi connectivity index (χ0) is 15.6. The topological polar surface area (TPSA) is 89.6 Å². The van der Waals surface area contributed by atoms with Crippen LogP contribution in [0.4, 0.5) is 0 Å². The van der Waals surface area contributed by atoms with Gasteiger partial charge in [-0.2, -0.15) is 0 Å². The molecule has 1 spiro atoms. The molecule has 0 unspecified atom stereocenters. The monoisotopic (exact) mass is 346 g/mol. The smallest absolute Gasteiger partial charge is 0.169 e. The van der Waals surface area contributed by atoms with Gasteiger partial charge in [-0.25, -0.2) is 8.42 Å². The summed E-state index contributed by atoms with van der Waals surface area (Å²) in [6.45, 7) is 3.15. The summed E-state index contributed by atoms with van der Waals surface area (Å²) in [5.41, 5.74) is 4.92. The SMILES string of the molecule is CC(=O)c1cc(Cl)c([C@]2(C)CS(=O)(=O)C3(CC3)C(N)=N2)s1. The van der Waals surface area contributed by atoms with E-state index in [0.29, 0.717) is 27.6 Å². The van der Waals surface area contributed by atoms with E-state index < -0.39 is 20.1 Å². The van der Waals surface area contributed by atoms with Crippen LogP contribution in [0, 0.1) is 0 Å². The maximum atomic E-state index is 12.6. The Kier molecular flexibility index (Phi) is 3.07. The van der Waals surface area contributed by atoms with Crippen LogP contribution in [-0.4, -0.2) is 30.5 Å². The third kappa shape index (κ3) is 2.05. The standard InChI is InChI=1S/C13H15ClN2O3S2/c1-7(17)9-5-8(14)10(20-9)12(2)6-21(18,19)13(3-4-13)11(15)16-12/h5H,3-4,6H2,1-2H3,(H2,15,16)/t12-/m0/s1. The van der Waals surface area contributed by atoms with Gasteiger partial charge in [-0.05, 0) is 32.8 Å². The molecule has 3 rings (SSSR count). The van der Waals surface area contributed by atoms with Crippen molar-refractivity contribution in [2.75, 3.05) is 5.75 Å². The van der Waals surface area contributed by atoms with Gasteiger partial charge in [0.15, 0.2) is 15.6 Å². The summed E-state index contributed by atoms with van der Waals surface area (Å²) in [7, 11) is -3.38. The Bertz CT molecular complexity index is 777. The zero-order valence-corrected chi connectivity index (χ0v) is 14.0. The first kappa shape index (κ1) is 15.0. The first-order chi connectivity index (χ1) is 9.61. The van der Waals surface area contributed by atoms with Gasteiger partial charge >= 0.3 is 0 Å². The van der Waals surface area contributed by atoms with E-state index in [1.54, 1.807) is 13.0 Å². The number of rotatable bonds is 2. The minimum absolute atomic E-state index is 0.106. The Morgan fingerprint density at radius 1 is 1.48 bits per heavy atom. The average Bonchev–Trinajstić information content (AvgIpc) is 3.05. The van der Waals surface area contributed by atoms with Gasteiger partial charge in [-0.1, -0.05) is 11.6 Å². The van der Waals surface area contributed by atoms with Crippen LogP contribution in [0.5, 0.6) is 0 Å². The van der Waals surface area contributed by atoms with E-state index in [4.69, 9.17) is 17.3 Å². The highest BCUT2D eigenvalue weighted by molar-refractivity contribution is 7.94. The number of Topliss-reactive ketones (excluding diaryl/α,β-unsaturated/α-hetero) is 1. The minimum atomic E-state index is -3.38. The fourth-order valence-corrected chi connectivity index (χ4v) is 6.71. The fraction of sp³-hybridized carbons (Fsp3) is 0.538. The lowest BCUT2D eigenvalue weighted by atomic mass is 10.0. The van der Waals surface area contributed by atoms with Crippen molar-refractivity contribution in [3.8, 4) is 0 Å². The van der Waals surface area contributed by atoms with Crippen LogP contribution in [0.15, 0.2) is 11.1 Å². The summed E-state index contributed by atoms with van der Waals surface area (Å²) >= 11 is 7.38. The van der Waals surface area contributed by atoms with Gasteiger partial charge in [-0.3, -0.25) is 9.79 Å². The van der Waals surface area contributed by atoms with Crippen LogP contribution < -0.4 is 5.73 Å². The molecule has 1 aliphatic carbocycles. The van der Waals surface area contributed by atoms with Gasteiger partial charge in [-0.15, -0.1) is 11.3 Å². The maximum absolute atomic E-state index is 12.6. The molecule has 2 heterocycles. The summed E-state index contributed by atoms with van der Waals surface area (Å²) in [5.74, 6) is -0.0609. The molecule has 1 fully saturated rings. The first-order valence-electron chi connectivity index (χ1n) is 6.50. The van der Waals surface area contributed by atoms with Crippen molar-refractivity contribution >= 4 is 44.4 Å². The first-order valence-corrected chi connectivity index (χ1v) is 9.35. The molecule has 21 heavy (non-hydrogen) atoms. The summed E-state index contributed by atoms with van der Waals surface area (Å²) in [6.07, 6.45) is 1.08. The Morgan fingerprint density at radius 3 is 2.52 bits per heavy atom. The van der Waals surface area contributed by atoms with E-state index in [-0.39, 0.29) is 17.4 Å². The normalized spacial score (nSPS) is 29.2. The van der Waals surface area contributed by atoms with Crippen LogP contribution in [0.25, 0.3) is 0 Å². The molecule has 0 aromatic carbocycles. The molecule has 1 aliphatic heterocycles. The van der Waals surface area contributed by atoms with E-state index in [9.17, 15) is 13.2 Å². The predicted molar refractivity (Wildman–Crippen MR) is 84.1 cm³/mol. The van der Waals surface area contributed by atoms with E-state index >= 15 is 0 Å². The van der Waals surface area contributed by atoms with Gasteiger partial charge in [0.1, 0.15) is 16.1 Å². The molecule has 2 N–H and O–H groups in total. The molecule has 1 aromatic heterocycles. The minimum Gasteiger partial charge on any atom is -0.386 e. The predicted octanol–water partition coefficient (Wildman–Crippen LogP) is 2.14. The highest BCUT2D eigenvalue weighted by Crippen LogP contribution is 2.51.